The minimum absolute atomic E-state index is 0.0112. The predicted octanol–water partition coefficient (Wildman–Crippen LogP) is 0.924. The van der Waals surface area contributed by atoms with Crippen LogP contribution in [-0.2, 0) is 16.4 Å². The molecule has 1 aromatic rings. The molecule has 1 aliphatic heterocycles. The van der Waals surface area contributed by atoms with Gasteiger partial charge in [-0.1, -0.05) is 12.1 Å². The molecule has 2 N–H and O–H groups in total. The van der Waals surface area contributed by atoms with Crippen LogP contribution in [0.25, 0.3) is 0 Å². The van der Waals surface area contributed by atoms with Crippen molar-refractivity contribution in [2.45, 2.75) is 12.6 Å². The van der Waals surface area contributed by atoms with Crippen LogP contribution in [-0.4, -0.2) is 31.3 Å². The van der Waals surface area contributed by atoms with E-state index >= 15 is 0 Å². The van der Waals surface area contributed by atoms with Gasteiger partial charge in [0.25, 0.3) is 0 Å². The van der Waals surface area contributed by atoms with Crippen LogP contribution in [0.3, 0.4) is 0 Å². The normalized spacial score (nSPS) is 20.6. The number of hydrogen-bond acceptors (Lipinski definition) is 4. The van der Waals surface area contributed by atoms with E-state index in [4.69, 9.17) is 5.11 Å². The van der Waals surface area contributed by atoms with Crippen molar-refractivity contribution in [3.8, 4) is 0 Å². The Morgan fingerprint density at radius 3 is 2.74 bits per heavy atom. The van der Waals surface area contributed by atoms with Gasteiger partial charge in [-0.15, -0.1) is 0 Å². The SMILES string of the molecule is O=C(O)c1ccc(CNC2C=CS(=O)(=O)C2)cc1F. The molecule has 2 rings (SSSR count). The van der Waals surface area contributed by atoms with Crippen molar-refractivity contribution < 1.29 is 22.7 Å². The number of nitrogens with one attached hydrogen (secondary N) is 1. The first-order valence-electron chi connectivity index (χ1n) is 5.53. The molecule has 0 aliphatic carbocycles. The van der Waals surface area contributed by atoms with Crippen LogP contribution >= 0.6 is 0 Å². The largest absolute Gasteiger partial charge is 0.478 e. The Morgan fingerprint density at radius 2 is 2.21 bits per heavy atom. The fraction of sp³-hybridized carbons (Fsp3) is 0.250. The number of halogens is 1. The quantitative estimate of drug-likeness (QED) is 0.859. The summed E-state index contributed by atoms with van der Waals surface area (Å²) < 4.78 is 35.8. The zero-order valence-electron chi connectivity index (χ0n) is 9.84. The summed E-state index contributed by atoms with van der Waals surface area (Å²) in [4.78, 5) is 10.6. The van der Waals surface area contributed by atoms with Crippen LogP contribution in [0.5, 0.6) is 0 Å². The lowest BCUT2D eigenvalue weighted by Crippen LogP contribution is -2.29. The van der Waals surface area contributed by atoms with E-state index < -0.39 is 21.6 Å². The van der Waals surface area contributed by atoms with Crippen molar-refractivity contribution >= 4 is 15.8 Å². The molecule has 1 atom stereocenters. The lowest BCUT2D eigenvalue weighted by molar-refractivity contribution is 0.0692. The molecule has 7 heteroatoms. The molecule has 102 valence electrons. The fourth-order valence-corrected chi connectivity index (χ4v) is 3.06. The molecular formula is C12H12FNO4S. The van der Waals surface area contributed by atoms with Gasteiger partial charge >= 0.3 is 5.97 Å². The Balaban J connectivity index is 2.00. The second kappa shape index (κ2) is 5.10. The second-order valence-corrected chi connectivity index (χ2v) is 6.20. The zero-order chi connectivity index (χ0) is 14.0. The predicted molar refractivity (Wildman–Crippen MR) is 66.9 cm³/mol. The maximum absolute atomic E-state index is 13.4. The molecule has 1 unspecified atom stereocenters. The van der Waals surface area contributed by atoms with Gasteiger partial charge < -0.3 is 10.4 Å². The molecule has 1 aromatic carbocycles. The third-order valence-electron chi connectivity index (χ3n) is 2.76. The molecular weight excluding hydrogens is 273 g/mol. The van der Waals surface area contributed by atoms with Gasteiger partial charge in [-0.05, 0) is 17.7 Å². The minimum atomic E-state index is -3.12. The van der Waals surface area contributed by atoms with Gasteiger partial charge in [0.2, 0.25) is 0 Å². The monoisotopic (exact) mass is 285 g/mol. The molecule has 1 heterocycles. The Kier molecular flexibility index (Phi) is 3.68. The van der Waals surface area contributed by atoms with Crippen LogP contribution in [0.1, 0.15) is 15.9 Å². The van der Waals surface area contributed by atoms with E-state index in [2.05, 4.69) is 5.32 Å². The van der Waals surface area contributed by atoms with Gasteiger partial charge in [-0.2, -0.15) is 0 Å². The lowest BCUT2D eigenvalue weighted by Gasteiger charge is -2.10. The number of aromatic carboxylic acids is 1. The highest BCUT2D eigenvalue weighted by molar-refractivity contribution is 7.94. The van der Waals surface area contributed by atoms with E-state index in [0.29, 0.717) is 5.56 Å². The Bertz CT molecular complexity index is 639. The third-order valence-corrected chi connectivity index (χ3v) is 4.16. The average molecular weight is 285 g/mol. The number of sulfone groups is 1. The van der Waals surface area contributed by atoms with Gasteiger partial charge in [0.1, 0.15) is 5.82 Å². The molecule has 1 aliphatic rings. The number of carbonyl (C=O) groups is 1. The lowest BCUT2D eigenvalue weighted by atomic mass is 10.1. The van der Waals surface area contributed by atoms with Crippen molar-refractivity contribution in [3.63, 3.8) is 0 Å². The summed E-state index contributed by atoms with van der Waals surface area (Å²) in [5.41, 5.74) is 0.173. The van der Waals surface area contributed by atoms with Gasteiger partial charge in [-0.3, -0.25) is 0 Å². The summed E-state index contributed by atoms with van der Waals surface area (Å²) in [5.74, 6) is -2.13. The minimum Gasteiger partial charge on any atom is -0.478 e. The van der Waals surface area contributed by atoms with Crippen LogP contribution < -0.4 is 5.32 Å². The molecule has 0 saturated heterocycles. The van der Waals surface area contributed by atoms with Crippen molar-refractivity contribution in [2.24, 2.45) is 0 Å². The summed E-state index contributed by atoms with van der Waals surface area (Å²) in [5, 5.41) is 12.8. The van der Waals surface area contributed by atoms with E-state index in [1.165, 1.54) is 18.2 Å². The van der Waals surface area contributed by atoms with E-state index in [0.717, 1.165) is 11.5 Å². The molecule has 0 radical (unpaired) electrons. The molecule has 0 aromatic heterocycles. The third kappa shape index (κ3) is 3.39. The molecule has 0 fully saturated rings. The number of rotatable bonds is 4. The summed E-state index contributed by atoms with van der Waals surface area (Å²) >= 11 is 0. The van der Waals surface area contributed by atoms with Crippen LogP contribution in [0.4, 0.5) is 4.39 Å². The van der Waals surface area contributed by atoms with Crippen LogP contribution in [0.15, 0.2) is 29.7 Å². The molecule has 0 amide bonds. The van der Waals surface area contributed by atoms with Crippen molar-refractivity contribution in [3.05, 3.63) is 46.6 Å². The number of hydrogen-bond donors (Lipinski definition) is 2. The van der Waals surface area contributed by atoms with Crippen molar-refractivity contribution in [1.82, 2.24) is 5.32 Å². The first kappa shape index (κ1) is 13.7. The van der Waals surface area contributed by atoms with E-state index in [1.54, 1.807) is 0 Å². The Labute approximate surface area is 109 Å². The molecule has 0 bridgehead atoms. The zero-order valence-corrected chi connectivity index (χ0v) is 10.7. The molecule has 0 spiro atoms. The highest BCUT2D eigenvalue weighted by Gasteiger charge is 2.21. The molecule has 5 nitrogen and oxygen atoms in total. The molecule has 0 saturated carbocycles. The highest BCUT2D eigenvalue weighted by Crippen LogP contribution is 2.12. The standard InChI is InChI=1S/C12H12FNO4S/c13-11-5-8(1-2-10(11)12(15)16)6-14-9-3-4-19(17,18)7-9/h1-5,9,14H,6-7H2,(H,15,16). The van der Waals surface area contributed by atoms with Crippen LogP contribution in [0, 0.1) is 5.82 Å². The van der Waals surface area contributed by atoms with E-state index in [-0.39, 0.29) is 23.9 Å². The molecule has 19 heavy (non-hydrogen) atoms. The topological polar surface area (TPSA) is 83.5 Å². The summed E-state index contributed by atoms with van der Waals surface area (Å²) in [6.45, 7) is 0.265. The van der Waals surface area contributed by atoms with E-state index in [1.807, 2.05) is 0 Å². The average Bonchev–Trinajstić information content (AvgIpc) is 2.66. The van der Waals surface area contributed by atoms with E-state index in [9.17, 15) is 17.6 Å². The van der Waals surface area contributed by atoms with Crippen molar-refractivity contribution in [2.75, 3.05) is 5.75 Å². The first-order chi connectivity index (χ1) is 8.87. The Hall–Kier alpha value is -1.73. The number of carboxylic acids is 1. The highest BCUT2D eigenvalue weighted by atomic mass is 32.2. The van der Waals surface area contributed by atoms with Gasteiger partial charge in [0.05, 0.1) is 11.3 Å². The summed E-state index contributed by atoms with van der Waals surface area (Å²) in [6.07, 6.45) is 1.54. The van der Waals surface area contributed by atoms with Crippen molar-refractivity contribution in [1.29, 1.82) is 0 Å². The summed E-state index contributed by atoms with van der Waals surface area (Å²) in [7, 11) is -3.12. The van der Waals surface area contributed by atoms with Crippen LogP contribution in [0.2, 0.25) is 0 Å². The second-order valence-electron chi connectivity index (χ2n) is 4.26. The number of carboxylic acid groups (broad SMARTS) is 1. The van der Waals surface area contributed by atoms with Gasteiger partial charge in [0, 0.05) is 18.0 Å². The smallest absolute Gasteiger partial charge is 0.338 e. The van der Waals surface area contributed by atoms with Gasteiger partial charge in [0.15, 0.2) is 9.84 Å². The first-order valence-corrected chi connectivity index (χ1v) is 7.25. The fourth-order valence-electron chi connectivity index (χ4n) is 1.79. The number of benzene rings is 1. The maximum Gasteiger partial charge on any atom is 0.338 e. The maximum atomic E-state index is 13.4. The van der Waals surface area contributed by atoms with Gasteiger partial charge in [-0.25, -0.2) is 17.6 Å². The summed E-state index contributed by atoms with van der Waals surface area (Å²) in [6, 6.07) is 3.51. The Morgan fingerprint density at radius 1 is 1.47 bits per heavy atom.